The molecule has 198 valence electrons. The van der Waals surface area contributed by atoms with Crippen LogP contribution in [-0.2, 0) is 12.7 Å². The van der Waals surface area contributed by atoms with Crippen molar-refractivity contribution in [2.75, 3.05) is 0 Å². The fourth-order valence-electron chi connectivity index (χ4n) is 4.99. The minimum absolute atomic E-state index is 0.0530. The lowest BCUT2D eigenvalue weighted by molar-refractivity contribution is -0.141. The fraction of sp³-hybridized carbons (Fsp3) is 0.308. The molecule has 1 amide bonds. The highest BCUT2D eigenvalue weighted by molar-refractivity contribution is 6.32. The van der Waals surface area contributed by atoms with Crippen molar-refractivity contribution in [2.24, 2.45) is 5.92 Å². The summed E-state index contributed by atoms with van der Waals surface area (Å²) in [6.45, 7) is 0.440. The van der Waals surface area contributed by atoms with E-state index in [1.165, 1.54) is 0 Å². The number of halogens is 5. The largest absolute Gasteiger partial charge is 0.434 e. The Morgan fingerprint density at radius 2 is 1.79 bits per heavy atom. The van der Waals surface area contributed by atoms with Gasteiger partial charge in [-0.25, -0.2) is 9.78 Å². The van der Waals surface area contributed by atoms with E-state index in [1.54, 1.807) is 45.8 Å². The van der Waals surface area contributed by atoms with Crippen LogP contribution in [0.15, 0.2) is 59.8 Å². The molecule has 1 fully saturated rings. The quantitative estimate of drug-likeness (QED) is 0.328. The van der Waals surface area contributed by atoms with Crippen LogP contribution in [0.1, 0.15) is 41.7 Å². The summed E-state index contributed by atoms with van der Waals surface area (Å²) in [5.41, 5.74) is -0.149. The Balaban J connectivity index is 1.31. The molecular formula is C26H22Cl2F3N5O2. The normalized spacial score (nSPS) is 18.0. The molecule has 3 aromatic heterocycles. The Labute approximate surface area is 225 Å². The van der Waals surface area contributed by atoms with Crippen LogP contribution in [0, 0.1) is 5.92 Å². The van der Waals surface area contributed by atoms with E-state index in [-0.39, 0.29) is 22.7 Å². The number of benzene rings is 1. The zero-order valence-electron chi connectivity index (χ0n) is 19.9. The summed E-state index contributed by atoms with van der Waals surface area (Å²) < 4.78 is 43.2. The molecule has 38 heavy (non-hydrogen) atoms. The minimum atomic E-state index is -4.78. The molecule has 0 radical (unpaired) electrons. The summed E-state index contributed by atoms with van der Waals surface area (Å²) >= 11 is 12.2. The number of aromatic nitrogens is 4. The van der Waals surface area contributed by atoms with Crippen LogP contribution in [0.5, 0.6) is 0 Å². The van der Waals surface area contributed by atoms with E-state index < -0.39 is 23.3 Å². The van der Waals surface area contributed by atoms with E-state index in [1.807, 2.05) is 6.07 Å². The van der Waals surface area contributed by atoms with Gasteiger partial charge in [0.25, 0.3) is 5.91 Å². The second-order valence-electron chi connectivity index (χ2n) is 9.28. The first-order chi connectivity index (χ1) is 18.1. The zero-order valence-corrected chi connectivity index (χ0v) is 21.4. The van der Waals surface area contributed by atoms with Gasteiger partial charge in [-0.05, 0) is 55.9 Å². The lowest BCUT2D eigenvalue weighted by Crippen LogP contribution is -2.39. The molecule has 0 atom stereocenters. The predicted octanol–water partition coefficient (Wildman–Crippen LogP) is 5.90. The van der Waals surface area contributed by atoms with Crippen molar-refractivity contribution in [3.8, 4) is 5.69 Å². The first-order valence-electron chi connectivity index (χ1n) is 12.0. The highest BCUT2D eigenvalue weighted by Crippen LogP contribution is 2.32. The van der Waals surface area contributed by atoms with E-state index in [0.29, 0.717) is 54.0 Å². The molecule has 0 spiro atoms. The number of imidazole rings is 1. The van der Waals surface area contributed by atoms with Crippen molar-refractivity contribution in [3.63, 3.8) is 0 Å². The maximum atomic E-state index is 13.5. The number of rotatable bonds is 5. The highest BCUT2D eigenvalue weighted by atomic mass is 35.5. The van der Waals surface area contributed by atoms with Gasteiger partial charge in [0.05, 0.1) is 38.5 Å². The van der Waals surface area contributed by atoms with Gasteiger partial charge in [-0.15, -0.1) is 0 Å². The molecule has 1 saturated carbocycles. The van der Waals surface area contributed by atoms with Crippen LogP contribution in [0.2, 0.25) is 10.0 Å². The van der Waals surface area contributed by atoms with Crippen LogP contribution in [0.4, 0.5) is 13.2 Å². The maximum absolute atomic E-state index is 13.5. The van der Waals surface area contributed by atoms with Crippen molar-refractivity contribution >= 4 is 40.1 Å². The number of fused-ring (bicyclic) bond motifs is 1. The second-order valence-corrected chi connectivity index (χ2v) is 10.1. The standard InChI is InChI=1S/C26H22Cl2F3N5O2/c27-16-11-18(23(33-12-16)26(29,30)31)24(37)34-17-7-5-15(6-8-17)14-35-22-13-32-10-9-21(22)36(25(35)38)20-4-2-1-3-19(20)28/h1-4,9-13,15,17H,5-8,14H2,(H,34,37)/t15-,17-. The van der Waals surface area contributed by atoms with Crippen molar-refractivity contribution in [1.29, 1.82) is 0 Å². The molecule has 5 rings (SSSR count). The number of carbonyl (C=O) groups excluding carboxylic acids is 1. The predicted molar refractivity (Wildman–Crippen MR) is 138 cm³/mol. The molecule has 1 aliphatic rings. The van der Waals surface area contributed by atoms with Gasteiger partial charge in [-0.2, -0.15) is 13.2 Å². The monoisotopic (exact) mass is 563 g/mol. The summed E-state index contributed by atoms with van der Waals surface area (Å²) in [5, 5.41) is 3.09. The van der Waals surface area contributed by atoms with Crippen molar-refractivity contribution in [1.82, 2.24) is 24.4 Å². The van der Waals surface area contributed by atoms with Crippen LogP contribution in [-0.4, -0.2) is 31.1 Å². The summed E-state index contributed by atoms with van der Waals surface area (Å²) in [6, 6.07) is 9.55. The molecule has 0 saturated heterocycles. The summed E-state index contributed by atoms with van der Waals surface area (Å²) in [6.07, 6.45) is 1.82. The van der Waals surface area contributed by atoms with E-state index in [2.05, 4.69) is 15.3 Å². The Morgan fingerprint density at radius 1 is 1.05 bits per heavy atom. The van der Waals surface area contributed by atoms with Gasteiger partial charge < -0.3 is 5.32 Å². The number of pyridine rings is 2. The Bertz CT molecular complexity index is 1560. The van der Waals surface area contributed by atoms with Gasteiger partial charge in [0, 0.05) is 25.0 Å². The van der Waals surface area contributed by atoms with Crippen LogP contribution in [0.3, 0.4) is 0 Å². The third-order valence-electron chi connectivity index (χ3n) is 6.82. The maximum Gasteiger partial charge on any atom is 0.434 e. The number of nitrogens with zero attached hydrogens (tertiary/aromatic N) is 4. The van der Waals surface area contributed by atoms with Crippen LogP contribution < -0.4 is 11.0 Å². The van der Waals surface area contributed by atoms with Gasteiger partial charge in [-0.3, -0.25) is 18.9 Å². The number of para-hydroxylation sites is 1. The third-order valence-corrected chi connectivity index (χ3v) is 7.34. The van der Waals surface area contributed by atoms with Crippen molar-refractivity contribution < 1.29 is 18.0 Å². The highest BCUT2D eigenvalue weighted by Gasteiger charge is 2.38. The Kier molecular flexibility index (Phi) is 7.19. The number of hydrogen-bond acceptors (Lipinski definition) is 4. The molecule has 1 N–H and O–H groups in total. The van der Waals surface area contributed by atoms with Gasteiger partial charge in [0.2, 0.25) is 0 Å². The molecule has 1 aliphatic carbocycles. The first-order valence-corrected chi connectivity index (χ1v) is 12.7. The van der Waals surface area contributed by atoms with Crippen molar-refractivity contribution in [3.05, 3.63) is 86.8 Å². The molecule has 0 aliphatic heterocycles. The van der Waals surface area contributed by atoms with E-state index >= 15 is 0 Å². The van der Waals surface area contributed by atoms with Gasteiger partial charge in [0.1, 0.15) is 0 Å². The summed E-state index contributed by atoms with van der Waals surface area (Å²) in [5.74, 6) is -0.731. The average molecular weight is 564 g/mol. The molecule has 12 heteroatoms. The van der Waals surface area contributed by atoms with E-state index in [9.17, 15) is 22.8 Å². The first kappa shape index (κ1) is 26.2. The SMILES string of the molecule is O=C(N[C@H]1CC[C@H](Cn2c(=O)n(-c3ccccc3Cl)c3ccncc32)CC1)c1cc(Cl)cnc1C(F)(F)F. The molecular weight excluding hydrogens is 542 g/mol. The third kappa shape index (κ3) is 5.15. The lowest BCUT2D eigenvalue weighted by Gasteiger charge is -2.29. The summed E-state index contributed by atoms with van der Waals surface area (Å²) in [4.78, 5) is 33.7. The van der Waals surface area contributed by atoms with Crippen LogP contribution in [0.25, 0.3) is 16.7 Å². The van der Waals surface area contributed by atoms with Gasteiger partial charge in [-0.1, -0.05) is 35.3 Å². The van der Waals surface area contributed by atoms with Crippen LogP contribution >= 0.6 is 23.2 Å². The number of amides is 1. The zero-order chi connectivity index (χ0) is 27.0. The van der Waals surface area contributed by atoms with Gasteiger partial charge in [0.15, 0.2) is 5.69 Å². The minimum Gasteiger partial charge on any atom is -0.349 e. The average Bonchev–Trinajstić information content (AvgIpc) is 3.15. The van der Waals surface area contributed by atoms with E-state index in [0.717, 1.165) is 12.3 Å². The number of carbonyl (C=O) groups is 1. The van der Waals surface area contributed by atoms with E-state index in [4.69, 9.17) is 23.2 Å². The van der Waals surface area contributed by atoms with Crippen molar-refractivity contribution in [2.45, 2.75) is 44.4 Å². The smallest absolute Gasteiger partial charge is 0.349 e. The molecule has 4 aromatic rings. The topological polar surface area (TPSA) is 81.8 Å². The molecule has 7 nitrogen and oxygen atoms in total. The molecule has 0 unspecified atom stereocenters. The lowest BCUT2D eigenvalue weighted by atomic mass is 9.85. The molecule has 1 aromatic carbocycles. The Hall–Kier alpha value is -3.37. The molecule has 0 bridgehead atoms. The van der Waals surface area contributed by atoms with Gasteiger partial charge >= 0.3 is 11.9 Å². The Morgan fingerprint density at radius 3 is 2.50 bits per heavy atom. The second kappa shape index (κ2) is 10.4. The summed E-state index contributed by atoms with van der Waals surface area (Å²) in [7, 11) is 0. The number of hydrogen-bond donors (Lipinski definition) is 1. The number of nitrogens with one attached hydrogen (secondary N) is 1. The number of alkyl halides is 3. The fourth-order valence-corrected chi connectivity index (χ4v) is 5.37. The molecule has 3 heterocycles.